The van der Waals surface area contributed by atoms with Crippen LogP contribution in [0.2, 0.25) is 0 Å². The number of carbonyl (C=O) groups excluding carboxylic acids is 15. The van der Waals surface area contributed by atoms with Gasteiger partial charge in [-0.25, -0.2) is 0 Å². The summed E-state index contributed by atoms with van der Waals surface area (Å²) in [4.78, 5) is 186. The lowest BCUT2D eigenvalue weighted by Crippen LogP contribution is -2.45. The summed E-state index contributed by atoms with van der Waals surface area (Å²) < 4.78 is 83.7. The van der Waals surface area contributed by atoms with Gasteiger partial charge in [0.25, 0.3) is 0 Å². The summed E-state index contributed by atoms with van der Waals surface area (Å²) in [6.45, 7) is 28.1. The van der Waals surface area contributed by atoms with Gasteiger partial charge in [-0.15, -0.1) is 0 Å². The Morgan fingerprint density at radius 2 is 0.541 bits per heavy atom. The second kappa shape index (κ2) is 47.4. The van der Waals surface area contributed by atoms with Crippen LogP contribution in [0.25, 0.3) is 0 Å². The molecule has 0 radical (unpaired) electrons. The van der Waals surface area contributed by atoms with E-state index in [1.165, 1.54) is 6.42 Å². The van der Waals surface area contributed by atoms with Gasteiger partial charge in [-0.3, -0.25) is 71.9 Å². The third-order valence-electron chi connectivity index (χ3n) is 31.5. The zero-order valence-electron chi connectivity index (χ0n) is 74.1. The number of esters is 15. The number of ether oxygens (including phenoxy) is 15. The van der Waals surface area contributed by atoms with E-state index in [4.69, 9.17) is 71.1 Å². The van der Waals surface area contributed by atoms with E-state index in [2.05, 4.69) is 0 Å². The molecule has 762 valence electrons. The fourth-order valence-electron chi connectivity index (χ4n) is 24.2. The summed E-state index contributed by atoms with van der Waals surface area (Å²) in [6, 6.07) is 0. The molecule has 0 aromatic rings. The molecule has 18 fully saturated rings. The van der Waals surface area contributed by atoms with Crippen LogP contribution in [0.1, 0.15) is 326 Å². The Balaban J connectivity index is 0.000000342. The molecule has 0 aromatic heterocycles. The van der Waals surface area contributed by atoms with Crippen molar-refractivity contribution in [1.29, 1.82) is 0 Å². The Kier molecular flexibility index (Phi) is 41.8. The van der Waals surface area contributed by atoms with E-state index in [0.29, 0.717) is 64.2 Å². The summed E-state index contributed by atoms with van der Waals surface area (Å²) in [5.74, 6) is -11.6. The van der Waals surface area contributed by atoms with Crippen LogP contribution in [0.3, 0.4) is 0 Å². The van der Waals surface area contributed by atoms with Crippen molar-refractivity contribution in [2.75, 3.05) is 6.61 Å². The van der Waals surface area contributed by atoms with Crippen molar-refractivity contribution < 1.29 is 143 Å². The van der Waals surface area contributed by atoms with Crippen LogP contribution in [-0.4, -0.2) is 181 Å². The lowest BCUT2D eigenvalue weighted by molar-refractivity contribution is -0.175. The van der Waals surface area contributed by atoms with Crippen molar-refractivity contribution >= 4 is 89.5 Å². The van der Waals surface area contributed by atoms with Crippen LogP contribution in [0.4, 0.5) is 0 Å². The van der Waals surface area contributed by atoms with Crippen LogP contribution >= 0.6 is 0 Å². The second-order valence-electron chi connectivity index (χ2n) is 40.0. The highest BCUT2D eigenvalue weighted by Gasteiger charge is 2.76. The molecule has 5 saturated heterocycles. The predicted octanol–water partition coefficient (Wildman–Crippen LogP) is 17.3. The Morgan fingerprint density at radius 1 is 0.316 bits per heavy atom. The van der Waals surface area contributed by atoms with Gasteiger partial charge in [0.2, 0.25) is 0 Å². The lowest BCUT2D eigenvalue weighted by atomic mass is 9.78. The minimum Gasteiger partial charge on any atom is -0.466 e. The van der Waals surface area contributed by atoms with Gasteiger partial charge in [0, 0.05) is 59.2 Å². The fourth-order valence-corrected chi connectivity index (χ4v) is 24.2. The Labute approximate surface area is 793 Å². The van der Waals surface area contributed by atoms with Crippen LogP contribution in [0.5, 0.6) is 0 Å². The van der Waals surface area contributed by atoms with Gasteiger partial charge in [0.1, 0.15) is 84.4 Å². The molecule has 35 unspecified atom stereocenters. The molecule has 13 aliphatic carbocycles. The normalized spacial score (nSPS) is 36.5. The van der Waals surface area contributed by atoms with Crippen molar-refractivity contribution in [3.8, 4) is 0 Å². The fraction of sp³-hybridized carbons (Fsp3) is 0.854. The van der Waals surface area contributed by atoms with Crippen molar-refractivity contribution in [1.82, 2.24) is 0 Å². The summed E-state index contributed by atoms with van der Waals surface area (Å²) >= 11 is 0. The van der Waals surface area contributed by atoms with Crippen LogP contribution in [-0.2, 0) is 143 Å². The molecule has 18 rings (SSSR count). The Bertz CT molecular complexity index is 4030. The molecular formula is C103H170O30. The number of carbonyl (C=O) groups is 15. The number of hydrogen-bond donors (Lipinski definition) is 0. The van der Waals surface area contributed by atoms with E-state index in [1.807, 2.05) is 76.2 Å². The van der Waals surface area contributed by atoms with E-state index >= 15 is 0 Å². The Morgan fingerprint density at radius 3 is 0.774 bits per heavy atom. The zero-order chi connectivity index (χ0) is 88.6. The molecule has 0 aromatic carbocycles. The molecule has 0 spiro atoms. The average Bonchev–Trinajstić information content (AvgIpc) is 1.58. The van der Waals surface area contributed by atoms with E-state index < -0.39 is 113 Å². The summed E-state index contributed by atoms with van der Waals surface area (Å²) in [5.41, 5.74) is -1.05. The van der Waals surface area contributed by atoms with Gasteiger partial charge in [-0.05, 0) is 176 Å². The highest BCUT2D eigenvalue weighted by molar-refractivity contribution is 5.91. The monoisotopic (exact) mass is 1890 g/mol. The summed E-state index contributed by atoms with van der Waals surface area (Å²) in [7, 11) is 0. The molecule has 18 aliphatic rings. The SMILES string of the molecule is C.C.C.C.C.C.C.C.C.C.CCC(C)C(=O)OC1C2CC3C1OC(=O)C3C2C(=O)OC(C)(C)C.CCC(C)C(=O)OC1C2CC3C1OC(=O)C3C2C(=O)OC1(C)CCCC1.CCC(C)C(=O)OC1C2CC3C1OC(=O)C3C2C(=O)OC1CCCC1.CCC(C)C(=O)OC1C2CC3C1OC(=O)C3C2C(=O)OC1CCCCC1.CCOC(=O)C1C2CC3C(OC(=O)C31)C2OC(=O)C(C)CC. The average molecular weight is 1890 g/mol. The Hall–Kier alpha value is -7.95. The predicted molar refractivity (Wildman–Crippen MR) is 493 cm³/mol. The van der Waals surface area contributed by atoms with Crippen molar-refractivity contribution in [3.63, 3.8) is 0 Å². The summed E-state index contributed by atoms with van der Waals surface area (Å²) in [5, 5.41) is 0. The smallest absolute Gasteiger partial charge is 0.310 e. The highest BCUT2D eigenvalue weighted by atomic mass is 16.6. The molecule has 35 atom stereocenters. The lowest BCUT2D eigenvalue weighted by Gasteiger charge is -2.33. The quantitative estimate of drug-likeness (QED) is 0.0640. The topological polar surface area (TPSA) is 394 Å². The van der Waals surface area contributed by atoms with Gasteiger partial charge >= 0.3 is 89.5 Å². The number of rotatable bonds is 24. The molecule has 0 amide bonds. The van der Waals surface area contributed by atoms with Gasteiger partial charge in [0.05, 0.1) is 95.4 Å². The van der Waals surface area contributed by atoms with Crippen LogP contribution in [0, 0.1) is 148 Å². The third kappa shape index (κ3) is 22.4. The first-order valence-corrected chi connectivity index (χ1v) is 46.6. The van der Waals surface area contributed by atoms with Crippen molar-refractivity contribution in [2.45, 2.75) is 410 Å². The highest BCUT2D eigenvalue weighted by Crippen LogP contribution is 2.65. The molecule has 30 nitrogen and oxygen atoms in total. The maximum absolute atomic E-state index is 13.0. The van der Waals surface area contributed by atoms with E-state index in [9.17, 15) is 71.9 Å². The van der Waals surface area contributed by atoms with Gasteiger partial charge in [-0.1, -0.05) is 150 Å². The molecule has 10 bridgehead atoms. The van der Waals surface area contributed by atoms with E-state index in [0.717, 1.165) is 77.0 Å². The summed E-state index contributed by atoms with van der Waals surface area (Å²) in [6.07, 6.45) is 15.3. The molecule has 13 saturated carbocycles. The maximum Gasteiger partial charge on any atom is 0.310 e. The number of hydrogen-bond acceptors (Lipinski definition) is 30. The van der Waals surface area contributed by atoms with Crippen molar-refractivity contribution in [3.05, 3.63) is 0 Å². The van der Waals surface area contributed by atoms with E-state index in [1.54, 1.807) is 27.7 Å². The first-order chi connectivity index (χ1) is 58.5. The third-order valence-corrected chi connectivity index (χ3v) is 31.5. The van der Waals surface area contributed by atoms with E-state index in [-0.39, 0.29) is 290 Å². The minimum absolute atomic E-state index is 0. The molecule has 0 N–H and O–H groups in total. The molecular weight excluding hydrogens is 1720 g/mol. The van der Waals surface area contributed by atoms with Gasteiger partial charge < -0.3 is 71.1 Å². The number of fused-ring (bicyclic) bond motifs is 5. The molecule has 30 heteroatoms. The maximum atomic E-state index is 13.0. The molecule has 5 aliphatic heterocycles. The molecule has 5 heterocycles. The van der Waals surface area contributed by atoms with Gasteiger partial charge in [0.15, 0.2) is 0 Å². The zero-order valence-corrected chi connectivity index (χ0v) is 74.1. The van der Waals surface area contributed by atoms with Crippen molar-refractivity contribution in [2.24, 2.45) is 148 Å². The minimum atomic E-state index is -0.621. The van der Waals surface area contributed by atoms with Crippen LogP contribution < -0.4 is 0 Å². The molecule has 133 heavy (non-hydrogen) atoms. The first kappa shape index (κ1) is 117. The second-order valence-corrected chi connectivity index (χ2v) is 40.0. The standard InChI is InChI=1S/2C20H28O6.C19H26O6.C18H26O6.C16H22O6.10CH4/c1-4-10(2)17(21)24-15-12-9-11-13(18(22)25-16(11)15)14(12)19(23)26-20(3)7-5-6-8-20;1-3-10(2)18(21)25-16-12-9-13-15(20(23)26-17(13)16)14(12)19(22)24-11-7-5-4-6-8-11;1-3-9(2)17(20)24-15-11-8-12-14(19(22)25-16(12)15)13(11)18(21)23-10-6-4-5-7-10;1-6-8(2)15(19)22-13-10-7-9-11(16(20)23-14(9)13)12(10)17(21)24-18(3,4)5;1-4-7(3)14(17)21-12-8-6-9-11(16(19)22-13(9)12)10(8)15(18)20-5-2;;;;;;;;;;/h10-16H,4-9H2,1-3H3;10-17H,3-9H2,1-2H3;9-16H,3-8H2,1-2H3;8-14H,6-7H2,1-5H3;7-13H,4-6H2,1-3H3;10*1H4. The largest absolute Gasteiger partial charge is 0.466 e. The van der Waals surface area contributed by atoms with Crippen LogP contribution in [0.15, 0.2) is 0 Å². The van der Waals surface area contributed by atoms with Gasteiger partial charge in [-0.2, -0.15) is 0 Å². The first-order valence-electron chi connectivity index (χ1n) is 46.6.